The normalized spacial score (nSPS) is 15.3. The van der Waals surface area contributed by atoms with Gasteiger partial charge in [-0.05, 0) is 37.8 Å². The summed E-state index contributed by atoms with van der Waals surface area (Å²) in [6, 6.07) is 6.02. The van der Waals surface area contributed by atoms with E-state index in [1.807, 2.05) is 13.8 Å². The fourth-order valence-electron chi connectivity index (χ4n) is 2.74. The van der Waals surface area contributed by atoms with Gasteiger partial charge in [-0.25, -0.2) is 4.39 Å². The molecule has 0 atom stereocenters. The zero-order valence-corrected chi connectivity index (χ0v) is 18.1. The van der Waals surface area contributed by atoms with Crippen molar-refractivity contribution in [2.24, 2.45) is 0 Å². The molecule has 0 saturated carbocycles. The minimum absolute atomic E-state index is 0.0551. The lowest BCUT2D eigenvalue weighted by Crippen LogP contribution is -2.37. The predicted octanol–water partition coefficient (Wildman–Crippen LogP) is 3.52. The molecule has 7 nitrogen and oxygen atoms in total. The monoisotopic (exact) mass is 449 g/mol. The number of nitrogens with one attached hydrogen (secondary N) is 1. The Morgan fingerprint density at radius 2 is 2.10 bits per heavy atom. The van der Waals surface area contributed by atoms with Crippen LogP contribution in [-0.2, 0) is 15.3 Å². The Kier molecular flexibility index (Phi) is 7.33. The molecule has 10 heteroatoms. The minimum Gasteiger partial charge on any atom is -0.361 e. The number of carbonyl (C=O) groups is 3. The van der Waals surface area contributed by atoms with Gasteiger partial charge in [0.1, 0.15) is 11.6 Å². The highest BCUT2D eigenvalue weighted by molar-refractivity contribution is 8.18. The zero-order chi connectivity index (χ0) is 21.7. The number of hydrogen-bond donors (Lipinski definition) is 1. The van der Waals surface area contributed by atoms with Crippen LogP contribution in [0.1, 0.15) is 22.6 Å². The van der Waals surface area contributed by atoms with Crippen LogP contribution in [0.4, 0.5) is 9.18 Å². The smallest absolute Gasteiger partial charge is 0.293 e. The zero-order valence-electron chi connectivity index (χ0n) is 16.4. The van der Waals surface area contributed by atoms with E-state index in [4.69, 9.17) is 4.52 Å². The second-order valence-electron chi connectivity index (χ2n) is 6.50. The van der Waals surface area contributed by atoms with Gasteiger partial charge in [-0.15, -0.1) is 11.8 Å². The molecule has 1 aliphatic rings. The number of aryl methyl sites for hydroxylation is 2. The molecule has 158 valence electrons. The Bertz CT molecular complexity index is 986. The summed E-state index contributed by atoms with van der Waals surface area (Å²) in [6.07, 6.45) is 1.37. The van der Waals surface area contributed by atoms with Crippen LogP contribution in [0.2, 0.25) is 0 Å². The topological polar surface area (TPSA) is 92.5 Å². The van der Waals surface area contributed by atoms with Crippen molar-refractivity contribution in [1.82, 2.24) is 15.4 Å². The van der Waals surface area contributed by atoms with Crippen molar-refractivity contribution in [2.75, 3.05) is 18.8 Å². The maximum absolute atomic E-state index is 13.8. The molecule has 3 amide bonds. The summed E-state index contributed by atoms with van der Waals surface area (Å²) in [5.41, 5.74) is 2.03. The number of nitrogens with zero attached hydrogens (tertiary/aromatic N) is 2. The van der Waals surface area contributed by atoms with Crippen LogP contribution in [0.3, 0.4) is 0 Å². The molecule has 1 aromatic carbocycles. The molecule has 0 unspecified atom stereocenters. The highest BCUT2D eigenvalue weighted by Crippen LogP contribution is 2.32. The summed E-state index contributed by atoms with van der Waals surface area (Å²) in [4.78, 5) is 37.8. The number of amides is 3. The average molecular weight is 450 g/mol. The molecule has 0 spiro atoms. The van der Waals surface area contributed by atoms with Gasteiger partial charge < -0.3 is 9.84 Å². The molecule has 2 heterocycles. The minimum atomic E-state index is -0.490. The van der Waals surface area contributed by atoms with Gasteiger partial charge in [0.25, 0.3) is 11.1 Å². The highest BCUT2D eigenvalue weighted by atomic mass is 32.2. The molecular weight excluding hydrogens is 429 g/mol. The van der Waals surface area contributed by atoms with Crippen LogP contribution in [0, 0.1) is 19.7 Å². The molecule has 1 fully saturated rings. The lowest BCUT2D eigenvalue weighted by atomic mass is 10.2. The molecule has 0 bridgehead atoms. The Balaban J connectivity index is 1.45. The van der Waals surface area contributed by atoms with Crippen molar-refractivity contribution in [3.05, 3.63) is 57.6 Å². The molecule has 2 aromatic rings. The summed E-state index contributed by atoms with van der Waals surface area (Å²) < 4.78 is 18.9. The van der Waals surface area contributed by atoms with Crippen LogP contribution in [0.5, 0.6) is 0 Å². The number of aromatic nitrogens is 1. The van der Waals surface area contributed by atoms with E-state index < -0.39 is 17.0 Å². The first-order chi connectivity index (χ1) is 14.4. The maximum Gasteiger partial charge on any atom is 0.293 e. The van der Waals surface area contributed by atoms with Crippen LogP contribution < -0.4 is 5.32 Å². The summed E-state index contributed by atoms with van der Waals surface area (Å²) >= 11 is 2.19. The Morgan fingerprint density at radius 1 is 1.33 bits per heavy atom. The lowest BCUT2D eigenvalue weighted by Gasteiger charge is -2.13. The predicted molar refractivity (Wildman–Crippen MR) is 114 cm³/mol. The fraction of sp³-hybridized carbons (Fsp3) is 0.300. The number of hydrogen-bond acceptors (Lipinski definition) is 7. The van der Waals surface area contributed by atoms with Gasteiger partial charge in [-0.1, -0.05) is 23.4 Å². The molecule has 1 aliphatic heterocycles. The third-order valence-electron chi connectivity index (χ3n) is 4.38. The van der Waals surface area contributed by atoms with Crippen molar-refractivity contribution < 1.29 is 23.3 Å². The number of carbonyl (C=O) groups excluding carboxylic acids is 3. The summed E-state index contributed by atoms with van der Waals surface area (Å²) in [5, 5.41) is 6.13. The molecule has 1 aromatic heterocycles. The van der Waals surface area contributed by atoms with E-state index in [0.717, 1.165) is 33.7 Å². The molecular formula is C20H20FN3O4S2. The number of benzene rings is 1. The Morgan fingerprint density at radius 3 is 2.80 bits per heavy atom. The quantitative estimate of drug-likeness (QED) is 0.617. The lowest BCUT2D eigenvalue weighted by molar-refractivity contribution is -0.123. The van der Waals surface area contributed by atoms with Crippen molar-refractivity contribution >= 4 is 46.7 Å². The van der Waals surface area contributed by atoms with Crippen LogP contribution in [0.15, 0.2) is 33.7 Å². The van der Waals surface area contributed by atoms with Crippen molar-refractivity contribution in [3.63, 3.8) is 0 Å². The number of imide groups is 1. The molecule has 3 rings (SSSR count). The van der Waals surface area contributed by atoms with Gasteiger partial charge in [0.15, 0.2) is 0 Å². The van der Waals surface area contributed by atoms with Crippen molar-refractivity contribution in [1.29, 1.82) is 0 Å². The first-order valence-electron chi connectivity index (χ1n) is 9.13. The molecule has 0 aliphatic carbocycles. The standard InChI is InChI=1S/C20H20FN3O4S2/c1-12-15(13(2)28-23-12)10-29-11-18(25)22-7-8-24-19(26)17(30-20(24)27)9-14-5-3-4-6-16(14)21/h3-6,9H,7-8,10-11H2,1-2H3,(H,22,25)/b17-9+. The van der Waals surface area contributed by atoms with Crippen molar-refractivity contribution in [2.45, 2.75) is 19.6 Å². The first-order valence-corrected chi connectivity index (χ1v) is 11.1. The molecule has 1 saturated heterocycles. The maximum atomic E-state index is 13.8. The third kappa shape index (κ3) is 5.31. The average Bonchev–Trinajstić information content (AvgIpc) is 3.17. The Labute approximate surface area is 181 Å². The first kappa shape index (κ1) is 22.1. The SMILES string of the molecule is Cc1noc(C)c1CSCC(=O)NCCN1C(=O)S/C(=C/c2ccccc2F)C1=O. The van der Waals surface area contributed by atoms with Gasteiger partial charge in [0.05, 0.1) is 16.4 Å². The van der Waals surface area contributed by atoms with Gasteiger partial charge in [0, 0.05) is 30.0 Å². The molecule has 0 radical (unpaired) electrons. The van der Waals surface area contributed by atoms with E-state index in [9.17, 15) is 18.8 Å². The number of rotatable bonds is 8. The number of halogens is 1. The molecule has 30 heavy (non-hydrogen) atoms. The van der Waals surface area contributed by atoms with Crippen LogP contribution in [-0.4, -0.2) is 46.0 Å². The van der Waals surface area contributed by atoms with E-state index in [1.165, 1.54) is 30.0 Å². The van der Waals surface area contributed by atoms with E-state index >= 15 is 0 Å². The number of thioether (sulfide) groups is 2. The van der Waals surface area contributed by atoms with Crippen LogP contribution >= 0.6 is 23.5 Å². The molecule has 1 N–H and O–H groups in total. The summed E-state index contributed by atoms with van der Waals surface area (Å²) in [6.45, 7) is 3.88. The van der Waals surface area contributed by atoms with Gasteiger partial charge in [0.2, 0.25) is 5.91 Å². The Hall–Kier alpha value is -2.59. The van der Waals surface area contributed by atoms with Gasteiger partial charge >= 0.3 is 0 Å². The fourth-order valence-corrected chi connectivity index (χ4v) is 4.60. The van der Waals surface area contributed by atoms with E-state index in [-0.39, 0.29) is 35.2 Å². The third-order valence-corrected chi connectivity index (χ3v) is 6.25. The van der Waals surface area contributed by atoms with Gasteiger partial charge in [-0.3, -0.25) is 19.3 Å². The second kappa shape index (κ2) is 9.94. The van der Waals surface area contributed by atoms with Crippen LogP contribution in [0.25, 0.3) is 6.08 Å². The highest BCUT2D eigenvalue weighted by Gasteiger charge is 2.34. The van der Waals surface area contributed by atoms with Gasteiger partial charge in [-0.2, -0.15) is 0 Å². The van der Waals surface area contributed by atoms with E-state index in [1.54, 1.807) is 12.1 Å². The summed E-state index contributed by atoms with van der Waals surface area (Å²) in [5.74, 6) is 0.433. The second-order valence-corrected chi connectivity index (χ2v) is 8.48. The summed E-state index contributed by atoms with van der Waals surface area (Å²) in [7, 11) is 0. The van der Waals surface area contributed by atoms with E-state index in [0.29, 0.717) is 5.75 Å². The van der Waals surface area contributed by atoms with Crippen molar-refractivity contribution in [3.8, 4) is 0 Å². The largest absolute Gasteiger partial charge is 0.361 e. The van der Waals surface area contributed by atoms with E-state index in [2.05, 4.69) is 10.5 Å².